The molecule has 2 rings (SSSR count). The normalized spacial score (nSPS) is 28.2. The molecule has 0 N–H and O–H groups in total. The van der Waals surface area contributed by atoms with Crippen LogP contribution in [0.1, 0.15) is 12.5 Å². The lowest BCUT2D eigenvalue weighted by atomic mass is 10.1. The van der Waals surface area contributed by atoms with E-state index in [1.54, 1.807) is 0 Å². The number of hydrogen-bond acceptors (Lipinski definition) is 2. The Morgan fingerprint density at radius 3 is 2.00 bits per heavy atom. The Balaban J connectivity index is 2.22. The standard InChI is InChI=1S/C12H14I2O2/c1-12(9-5-3-2-4-6-9)15-10(7-13)11(8-14)16-12/h2-6,10-11H,7-8H2,1H3/t10-,11-/m0/s1. The molecular weight excluding hydrogens is 430 g/mol. The van der Waals surface area contributed by atoms with E-state index in [0.717, 1.165) is 14.4 Å². The lowest BCUT2D eigenvalue weighted by Crippen LogP contribution is -2.24. The summed E-state index contributed by atoms with van der Waals surface area (Å²) in [5, 5.41) is 0. The van der Waals surface area contributed by atoms with Crippen LogP contribution in [0.15, 0.2) is 30.3 Å². The molecule has 1 aromatic rings. The fourth-order valence-corrected chi connectivity index (χ4v) is 3.39. The molecule has 0 aromatic heterocycles. The van der Waals surface area contributed by atoms with Crippen LogP contribution in [0, 0.1) is 0 Å². The molecular formula is C12H14I2O2. The van der Waals surface area contributed by atoms with Gasteiger partial charge < -0.3 is 9.47 Å². The zero-order valence-corrected chi connectivity index (χ0v) is 13.3. The Hall–Kier alpha value is 0.600. The van der Waals surface area contributed by atoms with Gasteiger partial charge in [0.05, 0.1) is 12.2 Å². The van der Waals surface area contributed by atoms with Gasteiger partial charge in [-0.15, -0.1) is 0 Å². The van der Waals surface area contributed by atoms with Crippen molar-refractivity contribution in [1.29, 1.82) is 0 Å². The summed E-state index contributed by atoms with van der Waals surface area (Å²) < 4.78 is 14.0. The van der Waals surface area contributed by atoms with Gasteiger partial charge in [0.2, 0.25) is 0 Å². The second kappa shape index (κ2) is 5.49. The molecule has 1 fully saturated rings. The molecule has 0 unspecified atom stereocenters. The zero-order valence-electron chi connectivity index (χ0n) is 9.03. The third-order valence-electron chi connectivity index (χ3n) is 2.77. The van der Waals surface area contributed by atoms with E-state index in [9.17, 15) is 0 Å². The van der Waals surface area contributed by atoms with E-state index in [0.29, 0.717) is 0 Å². The van der Waals surface area contributed by atoms with Crippen LogP contribution >= 0.6 is 45.2 Å². The van der Waals surface area contributed by atoms with Crippen molar-refractivity contribution in [2.75, 3.05) is 8.86 Å². The van der Waals surface area contributed by atoms with E-state index >= 15 is 0 Å². The Labute approximate surface area is 123 Å². The Morgan fingerprint density at radius 1 is 1.06 bits per heavy atom. The highest BCUT2D eigenvalue weighted by atomic mass is 127. The average Bonchev–Trinajstić information content (AvgIpc) is 2.68. The molecule has 2 atom stereocenters. The first-order valence-electron chi connectivity index (χ1n) is 5.22. The molecule has 4 heteroatoms. The average molecular weight is 444 g/mol. The summed E-state index contributed by atoms with van der Waals surface area (Å²) in [4.78, 5) is 0. The zero-order chi connectivity index (χ0) is 11.6. The van der Waals surface area contributed by atoms with Gasteiger partial charge in [0.25, 0.3) is 0 Å². The maximum absolute atomic E-state index is 6.05. The molecule has 1 saturated heterocycles. The molecule has 88 valence electrons. The maximum Gasteiger partial charge on any atom is 0.192 e. The Kier molecular flexibility index (Phi) is 4.48. The van der Waals surface area contributed by atoms with Gasteiger partial charge in [-0.1, -0.05) is 75.5 Å². The third kappa shape index (κ3) is 2.54. The van der Waals surface area contributed by atoms with Crippen molar-refractivity contribution in [3.8, 4) is 0 Å². The largest absolute Gasteiger partial charge is 0.339 e. The molecule has 0 spiro atoms. The third-order valence-corrected chi connectivity index (χ3v) is 4.51. The first kappa shape index (κ1) is 13.0. The van der Waals surface area contributed by atoms with Crippen molar-refractivity contribution in [3.63, 3.8) is 0 Å². The topological polar surface area (TPSA) is 18.5 Å². The fourth-order valence-electron chi connectivity index (χ4n) is 1.90. The predicted molar refractivity (Wildman–Crippen MR) is 81.3 cm³/mol. The summed E-state index contributed by atoms with van der Waals surface area (Å²) in [7, 11) is 0. The van der Waals surface area contributed by atoms with Gasteiger partial charge in [-0.2, -0.15) is 0 Å². The summed E-state index contributed by atoms with van der Waals surface area (Å²) in [6.07, 6.45) is 0.394. The summed E-state index contributed by atoms with van der Waals surface area (Å²) in [6, 6.07) is 10.2. The molecule has 0 radical (unpaired) electrons. The van der Waals surface area contributed by atoms with Gasteiger partial charge in [0.1, 0.15) is 0 Å². The molecule has 0 aliphatic carbocycles. The first-order valence-corrected chi connectivity index (χ1v) is 8.28. The molecule has 0 amide bonds. The van der Waals surface area contributed by atoms with Gasteiger partial charge in [0.15, 0.2) is 5.79 Å². The van der Waals surface area contributed by atoms with Gasteiger partial charge in [-0.3, -0.25) is 0 Å². The van der Waals surface area contributed by atoms with Crippen molar-refractivity contribution in [2.24, 2.45) is 0 Å². The first-order chi connectivity index (χ1) is 7.69. The van der Waals surface area contributed by atoms with Crippen LogP contribution in [-0.4, -0.2) is 21.1 Å². The molecule has 0 bridgehead atoms. The van der Waals surface area contributed by atoms with Gasteiger partial charge in [-0.05, 0) is 6.92 Å². The van der Waals surface area contributed by atoms with Crippen LogP contribution in [0.3, 0.4) is 0 Å². The minimum atomic E-state index is -0.576. The fraction of sp³-hybridized carbons (Fsp3) is 0.500. The number of rotatable bonds is 3. The van der Waals surface area contributed by atoms with Crippen molar-refractivity contribution < 1.29 is 9.47 Å². The lowest BCUT2D eigenvalue weighted by Gasteiger charge is -2.23. The van der Waals surface area contributed by atoms with E-state index in [2.05, 4.69) is 57.3 Å². The lowest BCUT2D eigenvalue weighted by molar-refractivity contribution is -0.165. The van der Waals surface area contributed by atoms with E-state index < -0.39 is 5.79 Å². The van der Waals surface area contributed by atoms with Crippen LogP contribution < -0.4 is 0 Å². The molecule has 0 saturated carbocycles. The van der Waals surface area contributed by atoms with Crippen molar-refractivity contribution >= 4 is 45.2 Å². The van der Waals surface area contributed by atoms with Crippen molar-refractivity contribution in [1.82, 2.24) is 0 Å². The minimum absolute atomic E-state index is 0.197. The van der Waals surface area contributed by atoms with E-state index in [4.69, 9.17) is 9.47 Å². The van der Waals surface area contributed by atoms with E-state index in [-0.39, 0.29) is 12.2 Å². The number of ether oxygens (including phenoxy) is 2. The van der Waals surface area contributed by atoms with Gasteiger partial charge >= 0.3 is 0 Å². The van der Waals surface area contributed by atoms with E-state index in [1.807, 2.05) is 25.1 Å². The Morgan fingerprint density at radius 2 is 1.56 bits per heavy atom. The smallest absolute Gasteiger partial charge is 0.192 e. The maximum atomic E-state index is 6.05. The van der Waals surface area contributed by atoms with Crippen LogP contribution in [0.25, 0.3) is 0 Å². The SMILES string of the molecule is CC1(c2ccccc2)O[C@@H](CI)[C@H](CI)O1. The Bertz CT molecular complexity index is 330. The molecule has 1 aliphatic rings. The van der Waals surface area contributed by atoms with E-state index in [1.165, 1.54) is 0 Å². The number of benzene rings is 1. The highest BCUT2D eigenvalue weighted by Crippen LogP contribution is 2.38. The quantitative estimate of drug-likeness (QED) is 0.525. The monoisotopic (exact) mass is 444 g/mol. The number of halogens is 2. The summed E-state index contributed by atoms with van der Waals surface area (Å²) in [5.74, 6) is -0.576. The number of hydrogen-bond donors (Lipinski definition) is 0. The second-order valence-electron chi connectivity index (χ2n) is 3.93. The highest BCUT2D eigenvalue weighted by molar-refractivity contribution is 14.1. The minimum Gasteiger partial charge on any atom is -0.339 e. The predicted octanol–water partition coefficient (Wildman–Crippen LogP) is 3.51. The van der Waals surface area contributed by atoms with Crippen LogP contribution in [0.4, 0.5) is 0 Å². The van der Waals surface area contributed by atoms with Crippen LogP contribution in [-0.2, 0) is 15.3 Å². The van der Waals surface area contributed by atoms with Crippen LogP contribution in [0.5, 0.6) is 0 Å². The molecule has 1 aliphatic heterocycles. The summed E-state index contributed by atoms with van der Waals surface area (Å²) >= 11 is 4.71. The van der Waals surface area contributed by atoms with Crippen molar-refractivity contribution in [3.05, 3.63) is 35.9 Å². The molecule has 1 heterocycles. The van der Waals surface area contributed by atoms with Crippen LogP contribution in [0.2, 0.25) is 0 Å². The molecule has 1 aromatic carbocycles. The molecule has 2 nitrogen and oxygen atoms in total. The van der Waals surface area contributed by atoms with Crippen molar-refractivity contribution in [2.45, 2.75) is 24.9 Å². The second-order valence-corrected chi connectivity index (χ2v) is 5.69. The summed E-state index contributed by atoms with van der Waals surface area (Å²) in [5.41, 5.74) is 1.09. The number of alkyl halides is 2. The van der Waals surface area contributed by atoms with Gasteiger partial charge in [-0.25, -0.2) is 0 Å². The van der Waals surface area contributed by atoms with Gasteiger partial charge in [0, 0.05) is 14.4 Å². The highest BCUT2D eigenvalue weighted by Gasteiger charge is 2.44. The summed E-state index contributed by atoms with van der Waals surface area (Å²) in [6.45, 7) is 2.01. The molecule has 16 heavy (non-hydrogen) atoms.